The van der Waals surface area contributed by atoms with Gasteiger partial charge in [-0.3, -0.25) is 4.79 Å². The van der Waals surface area contributed by atoms with Crippen LogP contribution in [0.5, 0.6) is 5.75 Å². The van der Waals surface area contributed by atoms with Gasteiger partial charge < -0.3 is 14.5 Å². The van der Waals surface area contributed by atoms with Gasteiger partial charge in [-0.15, -0.1) is 0 Å². The van der Waals surface area contributed by atoms with E-state index in [0.717, 1.165) is 72.9 Å². The van der Waals surface area contributed by atoms with Crippen LogP contribution in [0.15, 0.2) is 42.1 Å². The molecule has 1 aromatic heterocycles. The molecule has 1 aliphatic heterocycles. The second-order valence-electron chi connectivity index (χ2n) is 7.26. The van der Waals surface area contributed by atoms with E-state index in [-0.39, 0.29) is 5.78 Å². The van der Waals surface area contributed by atoms with Crippen LogP contribution in [0.3, 0.4) is 0 Å². The van der Waals surface area contributed by atoms with Crippen LogP contribution in [0.1, 0.15) is 27.9 Å². The van der Waals surface area contributed by atoms with Crippen molar-refractivity contribution >= 4 is 17.7 Å². The first kappa shape index (κ1) is 17.7. The number of rotatable bonds is 3. The molecule has 0 amide bonds. The monoisotopic (exact) mass is 363 g/mol. The zero-order valence-electron chi connectivity index (χ0n) is 15.9. The number of hydrogen-bond acceptors (Lipinski definition) is 5. The average molecular weight is 363 g/mol. The highest BCUT2D eigenvalue weighted by molar-refractivity contribution is 6.13. The minimum Gasteiger partial charge on any atom is -0.497 e. The molecule has 2 aromatic rings. The van der Waals surface area contributed by atoms with Gasteiger partial charge in [0.15, 0.2) is 5.78 Å². The molecule has 0 unspecified atom stereocenters. The van der Waals surface area contributed by atoms with E-state index in [1.54, 1.807) is 7.11 Å². The Morgan fingerprint density at radius 3 is 2.59 bits per heavy atom. The van der Waals surface area contributed by atoms with Crippen molar-refractivity contribution in [2.45, 2.75) is 12.8 Å². The maximum Gasteiger partial charge on any atom is 0.189 e. The quantitative estimate of drug-likeness (QED) is 0.785. The Bertz CT molecular complexity index is 866. The predicted octanol–water partition coefficient (Wildman–Crippen LogP) is 3.05. The molecule has 27 heavy (non-hydrogen) atoms. The predicted molar refractivity (Wildman–Crippen MR) is 108 cm³/mol. The highest BCUT2D eigenvalue weighted by atomic mass is 16.5. The van der Waals surface area contributed by atoms with E-state index in [2.05, 4.69) is 34.0 Å². The smallest absolute Gasteiger partial charge is 0.189 e. The van der Waals surface area contributed by atoms with E-state index < -0.39 is 0 Å². The molecule has 0 atom stereocenters. The van der Waals surface area contributed by atoms with Crippen LogP contribution in [0, 0.1) is 0 Å². The number of methoxy groups -OCH3 is 1. The molecule has 0 spiro atoms. The number of carbonyl (C=O) groups is 1. The first-order valence-corrected chi connectivity index (χ1v) is 9.46. The van der Waals surface area contributed by atoms with Gasteiger partial charge in [-0.05, 0) is 67.4 Å². The third-order valence-corrected chi connectivity index (χ3v) is 5.45. The highest BCUT2D eigenvalue weighted by Gasteiger charge is 2.22. The van der Waals surface area contributed by atoms with Crippen LogP contribution < -0.4 is 9.64 Å². The number of ketones is 1. The van der Waals surface area contributed by atoms with Gasteiger partial charge in [-0.25, -0.2) is 4.98 Å². The lowest BCUT2D eigenvalue weighted by molar-refractivity contribution is 0.102. The number of aromatic nitrogens is 1. The van der Waals surface area contributed by atoms with Crippen molar-refractivity contribution in [2.75, 3.05) is 45.2 Å². The largest absolute Gasteiger partial charge is 0.497 e. The van der Waals surface area contributed by atoms with Crippen molar-refractivity contribution in [3.63, 3.8) is 0 Å². The molecule has 1 fully saturated rings. The first-order valence-electron chi connectivity index (χ1n) is 9.46. The topological polar surface area (TPSA) is 45.7 Å². The van der Waals surface area contributed by atoms with E-state index in [1.807, 2.05) is 30.5 Å². The van der Waals surface area contributed by atoms with E-state index in [1.165, 1.54) is 0 Å². The van der Waals surface area contributed by atoms with Gasteiger partial charge in [0.2, 0.25) is 0 Å². The Hall–Kier alpha value is -2.66. The van der Waals surface area contributed by atoms with Gasteiger partial charge in [0, 0.05) is 43.5 Å². The Morgan fingerprint density at radius 1 is 1.07 bits per heavy atom. The fourth-order valence-corrected chi connectivity index (χ4v) is 3.73. The van der Waals surface area contributed by atoms with Crippen molar-refractivity contribution in [3.8, 4) is 5.75 Å². The molecule has 2 aliphatic rings. The zero-order chi connectivity index (χ0) is 18.8. The van der Waals surface area contributed by atoms with Gasteiger partial charge >= 0.3 is 0 Å². The number of carbonyl (C=O) groups excluding carboxylic acids is 1. The molecular weight excluding hydrogens is 338 g/mol. The first-order chi connectivity index (χ1) is 13.1. The highest BCUT2D eigenvalue weighted by Crippen LogP contribution is 2.29. The van der Waals surface area contributed by atoms with E-state index in [9.17, 15) is 4.79 Å². The Balaban J connectivity index is 1.51. The number of pyridine rings is 1. The van der Waals surface area contributed by atoms with Crippen molar-refractivity contribution in [1.82, 2.24) is 9.88 Å². The number of benzene rings is 1. The zero-order valence-corrected chi connectivity index (χ0v) is 15.9. The van der Waals surface area contributed by atoms with Crippen molar-refractivity contribution in [2.24, 2.45) is 0 Å². The fraction of sp³-hybridized carbons (Fsp3) is 0.364. The number of hydrogen-bond donors (Lipinski definition) is 0. The second-order valence-corrected chi connectivity index (χ2v) is 7.26. The summed E-state index contributed by atoms with van der Waals surface area (Å²) in [7, 11) is 3.80. The molecular formula is C22H25N3O2. The standard InChI is InChI=1S/C22H25N3O2/c1-24-9-11-25(12-10-24)21-8-3-16(15-23-21)13-18-5-4-17-14-19(27-2)6-7-20(17)22(18)26/h3,6-8,13-15H,4-5,9-12H2,1-2H3/b18-13+. The van der Waals surface area contributed by atoms with Crippen LogP contribution in [0.4, 0.5) is 5.82 Å². The minimum absolute atomic E-state index is 0.113. The molecule has 5 heteroatoms. The molecule has 0 N–H and O–H groups in total. The van der Waals surface area contributed by atoms with Crippen molar-refractivity contribution in [1.29, 1.82) is 0 Å². The van der Waals surface area contributed by atoms with Crippen LogP contribution in [0.25, 0.3) is 6.08 Å². The summed E-state index contributed by atoms with van der Waals surface area (Å²) in [4.78, 5) is 22.1. The van der Waals surface area contributed by atoms with Crippen molar-refractivity contribution in [3.05, 3.63) is 58.8 Å². The third kappa shape index (κ3) is 3.74. The number of piperazine rings is 1. The lowest BCUT2D eigenvalue weighted by atomic mass is 9.86. The van der Waals surface area contributed by atoms with Crippen LogP contribution >= 0.6 is 0 Å². The number of fused-ring (bicyclic) bond motifs is 1. The second kappa shape index (κ2) is 7.53. The molecule has 1 aliphatic carbocycles. The number of anilines is 1. The summed E-state index contributed by atoms with van der Waals surface area (Å²) in [6.07, 6.45) is 5.46. The number of Topliss-reactive ketones (excluding diaryl/α,β-unsaturated/α-hetero) is 1. The third-order valence-electron chi connectivity index (χ3n) is 5.45. The Kier molecular flexibility index (Phi) is 4.94. The summed E-state index contributed by atoms with van der Waals surface area (Å²) in [6, 6.07) is 9.81. The number of allylic oxidation sites excluding steroid dienone is 1. The minimum atomic E-state index is 0.113. The van der Waals surface area contributed by atoms with E-state index in [0.29, 0.717) is 0 Å². The maximum atomic E-state index is 12.8. The summed E-state index contributed by atoms with van der Waals surface area (Å²) in [5.41, 5.74) is 3.69. The molecule has 0 bridgehead atoms. The lowest BCUT2D eigenvalue weighted by Gasteiger charge is -2.33. The average Bonchev–Trinajstić information content (AvgIpc) is 2.71. The summed E-state index contributed by atoms with van der Waals surface area (Å²) in [6.45, 7) is 4.13. The van der Waals surface area contributed by atoms with Gasteiger partial charge in [-0.2, -0.15) is 0 Å². The lowest BCUT2D eigenvalue weighted by Crippen LogP contribution is -2.44. The van der Waals surface area contributed by atoms with Gasteiger partial charge in [0.05, 0.1) is 7.11 Å². The molecule has 1 aromatic carbocycles. The van der Waals surface area contributed by atoms with Crippen LogP contribution in [-0.2, 0) is 6.42 Å². The number of nitrogens with zero attached hydrogens (tertiary/aromatic N) is 3. The maximum absolute atomic E-state index is 12.8. The number of aryl methyl sites for hydroxylation is 1. The normalized spacial score (nSPS) is 19.3. The molecule has 5 nitrogen and oxygen atoms in total. The fourth-order valence-electron chi connectivity index (χ4n) is 3.73. The molecule has 4 rings (SSSR count). The summed E-state index contributed by atoms with van der Waals surface area (Å²) >= 11 is 0. The Morgan fingerprint density at radius 2 is 1.89 bits per heavy atom. The van der Waals surface area contributed by atoms with E-state index in [4.69, 9.17) is 4.74 Å². The number of likely N-dealkylation sites (N-methyl/N-ethyl adjacent to an activating group) is 1. The molecule has 0 radical (unpaired) electrons. The Labute approximate surface area is 160 Å². The summed E-state index contributed by atoms with van der Waals surface area (Å²) in [5, 5.41) is 0. The van der Waals surface area contributed by atoms with Gasteiger partial charge in [-0.1, -0.05) is 0 Å². The molecule has 140 valence electrons. The van der Waals surface area contributed by atoms with Crippen molar-refractivity contribution < 1.29 is 9.53 Å². The van der Waals surface area contributed by atoms with E-state index >= 15 is 0 Å². The number of ether oxygens (including phenoxy) is 1. The SMILES string of the molecule is COc1ccc2c(c1)CC/C(=C\c1ccc(N3CCN(C)CC3)nc1)C2=O. The van der Waals surface area contributed by atoms with Crippen LogP contribution in [0.2, 0.25) is 0 Å². The molecule has 2 heterocycles. The summed E-state index contributed by atoms with van der Waals surface area (Å²) in [5.74, 6) is 1.93. The van der Waals surface area contributed by atoms with Crippen LogP contribution in [-0.4, -0.2) is 56.0 Å². The van der Waals surface area contributed by atoms with Gasteiger partial charge in [0.1, 0.15) is 11.6 Å². The molecule has 1 saturated heterocycles. The van der Waals surface area contributed by atoms with Gasteiger partial charge in [0.25, 0.3) is 0 Å². The summed E-state index contributed by atoms with van der Waals surface area (Å²) < 4.78 is 5.26. The molecule has 0 saturated carbocycles.